The van der Waals surface area contributed by atoms with E-state index in [4.69, 9.17) is 27.3 Å². The van der Waals surface area contributed by atoms with E-state index in [0.29, 0.717) is 6.42 Å². The van der Waals surface area contributed by atoms with Crippen molar-refractivity contribution in [1.29, 1.82) is 0 Å². The van der Waals surface area contributed by atoms with Gasteiger partial charge in [0, 0.05) is 15.5 Å². The molecule has 4 nitrogen and oxygen atoms in total. The van der Waals surface area contributed by atoms with Gasteiger partial charge in [-0.2, -0.15) is 0 Å². The Balaban J connectivity index is 4.19. The SMILES string of the molecule is [B][C@@H](CO)O[C@@](CC)(CO)COP. The Morgan fingerprint density at radius 2 is 2.15 bits per heavy atom. The van der Waals surface area contributed by atoms with E-state index in [1.165, 1.54) is 0 Å². The molecular formula is C7H16BO4P. The van der Waals surface area contributed by atoms with Crippen LogP contribution in [0.4, 0.5) is 0 Å². The van der Waals surface area contributed by atoms with Crippen LogP contribution in [0.2, 0.25) is 0 Å². The van der Waals surface area contributed by atoms with Crippen LogP contribution in [-0.2, 0) is 9.26 Å². The Hall–Kier alpha value is 0.335. The van der Waals surface area contributed by atoms with Gasteiger partial charge in [0.25, 0.3) is 0 Å². The molecule has 0 aliphatic carbocycles. The third-order valence-electron chi connectivity index (χ3n) is 1.86. The van der Waals surface area contributed by atoms with Crippen molar-refractivity contribution in [3.05, 3.63) is 0 Å². The number of aliphatic hydroxyl groups excluding tert-OH is 2. The Morgan fingerprint density at radius 1 is 1.54 bits per heavy atom. The minimum Gasteiger partial charge on any atom is -0.395 e. The summed E-state index contributed by atoms with van der Waals surface area (Å²) in [7, 11) is 7.48. The van der Waals surface area contributed by atoms with Crippen LogP contribution in [0.3, 0.4) is 0 Å². The maximum Gasteiger partial charge on any atom is 0.114 e. The van der Waals surface area contributed by atoms with E-state index in [9.17, 15) is 0 Å². The molecule has 0 aromatic rings. The summed E-state index contributed by atoms with van der Waals surface area (Å²) >= 11 is 0. The van der Waals surface area contributed by atoms with E-state index < -0.39 is 11.6 Å². The Bertz CT molecular complexity index is 132. The van der Waals surface area contributed by atoms with Crippen molar-refractivity contribution in [2.75, 3.05) is 19.8 Å². The molecule has 0 aromatic carbocycles. The monoisotopic (exact) mass is 206 g/mol. The predicted molar refractivity (Wildman–Crippen MR) is 53.5 cm³/mol. The van der Waals surface area contributed by atoms with E-state index in [1.807, 2.05) is 6.92 Å². The van der Waals surface area contributed by atoms with E-state index in [-0.39, 0.29) is 19.8 Å². The fourth-order valence-electron chi connectivity index (χ4n) is 0.924. The molecule has 13 heavy (non-hydrogen) atoms. The number of hydrogen-bond acceptors (Lipinski definition) is 4. The molecule has 0 saturated carbocycles. The third-order valence-corrected chi connectivity index (χ3v) is 2.03. The maximum atomic E-state index is 9.10. The number of rotatable bonds is 7. The smallest absolute Gasteiger partial charge is 0.114 e. The van der Waals surface area contributed by atoms with Gasteiger partial charge in [-0.05, 0) is 6.42 Å². The van der Waals surface area contributed by atoms with Gasteiger partial charge in [-0.1, -0.05) is 6.92 Å². The standard InChI is InChI=1S/C7H16BO4P/c1-2-7(4-10,5-11-13)12-6(8)3-9/h6,9-10H,2-5,13H2,1H3/t6-,7+/m1/s1. The Kier molecular flexibility index (Phi) is 6.91. The van der Waals surface area contributed by atoms with Crippen LogP contribution in [0.1, 0.15) is 13.3 Å². The molecule has 0 rings (SSSR count). The minimum atomic E-state index is -0.816. The van der Waals surface area contributed by atoms with Crippen LogP contribution >= 0.6 is 9.47 Å². The van der Waals surface area contributed by atoms with Crippen LogP contribution < -0.4 is 0 Å². The van der Waals surface area contributed by atoms with E-state index in [2.05, 4.69) is 9.47 Å². The summed E-state index contributed by atoms with van der Waals surface area (Å²) in [5, 5.41) is 17.8. The van der Waals surface area contributed by atoms with Crippen molar-refractivity contribution in [1.82, 2.24) is 0 Å². The Labute approximate surface area is 82.3 Å². The zero-order valence-electron chi connectivity index (χ0n) is 7.77. The third kappa shape index (κ3) is 4.38. The summed E-state index contributed by atoms with van der Waals surface area (Å²) in [4.78, 5) is 0. The molecule has 2 N–H and O–H groups in total. The van der Waals surface area contributed by atoms with Crippen molar-refractivity contribution in [2.45, 2.75) is 24.9 Å². The average Bonchev–Trinajstić information content (AvgIpc) is 2.17. The van der Waals surface area contributed by atoms with Crippen LogP contribution in [0.15, 0.2) is 0 Å². The summed E-state index contributed by atoms with van der Waals surface area (Å²) in [5.41, 5.74) is -0.816. The van der Waals surface area contributed by atoms with Crippen molar-refractivity contribution >= 4 is 17.3 Å². The lowest BCUT2D eigenvalue weighted by atomic mass is 9.97. The largest absolute Gasteiger partial charge is 0.395 e. The molecule has 0 bridgehead atoms. The molecule has 76 valence electrons. The van der Waals surface area contributed by atoms with Crippen molar-refractivity contribution in [3.8, 4) is 0 Å². The molecule has 3 atom stereocenters. The Morgan fingerprint density at radius 3 is 2.46 bits per heavy atom. The first-order valence-electron chi connectivity index (χ1n) is 4.11. The fourth-order valence-corrected chi connectivity index (χ4v) is 1.23. The van der Waals surface area contributed by atoms with Crippen molar-refractivity contribution in [3.63, 3.8) is 0 Å². The van der Waals surface area contributed by atoms with Crippen LogP contribution in [-0.4, -0.2) is 49.5 Å². The fraction of sp³-hybridized carbons (Fsp3) is 1.00. The van der Waals surface area contributed by atoms with Gasteiger partial charge in [-0.15, -0.1) is 0 Å². The van der Waals surface area contributed by atoms with Gasteiger partial charge in [-0.25, -0.2) is 0 Å². The van der Waals surface area contributed by atoms with Gasteiger partial charge in [0.1, 0.15) is 13.4 Å². The van der Waals surface area contributed by atoms with Gasteiger partial charge in [0.05, 0.1) is 19.8 Å². The molecule has 0 aliphatic rings. The lowest BCUT2D eigenvalue weighted by Crippen LogP contribution is -2.44. The first kappa shape index (κ1) is 13.3. The summed E-state index contributed by atoms with van der Waals surface area (Å²) in [5.74, 6) is 0. The first-order valence-corrected chi connectivity index (χ1v) is 4.58. The second-order valence-electron chi connectivity index (χ2n) is 2.84. The minimum absolute atomic E-state index is 0.189. The molecule has 0 aliphatic heterocycles. The van der Waals surface area contributed by atoms with Crippen LogP contribution in [0, 0.1) is 0 Å². The molecule has 6 heteroatoms. The molecule has 1 unspecified atom stereocenters. The highest BCUT2D eigenvalue weighted by Crippen LogP contribution is 2.18. The number of hydrogen-bond donors (Lipinski definition) is 2. The van der Waals surface area contributed by atoms with Gasteiger partial charge in [0.2, 0.25) is 0 Å². The molecule has 0 fully saturated rings. The lowest BCUT2D eigenvalue weighted by Gasteiger charge is -2.32. The molecule has 0 heterocycles. The summed E-state index contributed by atoms with van der Waals surface area (Å²) < 4.78 is 10.1. The second kappa shape index (κ2) is 6.74. The molecule has 2 radical (unpaired) electrons. The number of aliphatic hydroxyl groups is 2. The highest BCUT2D eigenvalue weighted by molar-refractivity contribution is 7.09. The van der Waals surface area contributed by atoms with Gasteiger partial charge < -0.3 is 19.5 Å². The summed E-state index contributed by atoms with van der Waals surface area (Å²) in [6, 6.07) is -0.785. The van der Waals surface area contributed by atoms with E-state index >= 15 is 0 Å². The van der Waals surface area contributed by atoms with E-state index in [0.717, 1.165) is 0 Å². The predicted octanol–water partition coefficient (Wildman–Crippen LogP) is -0.562. The average molecular weight is 206 g/mol. The maximum absolute atomic E-state index is 9.10. The molecule has 0 aromatic heterocycles. The highest BCUT2D eigenvalue weighted by atomic mass is 31.0. The van der Waals surface area contributed by atoms with Gasteiger partial charge >= 0.3 is 0 Å². The zero-order valence-corrected chi connectivity index (χ0v) is 8.93. The lowest BCUT2D eigenvalue weighted by molar-refractivity contribution is -0.124. The van der Waals surface area contributed by atoms with E-state index in [1.54, 1.807) is 0 Å². The molecule has 0 spiro atoms. The molecule has 0 amide bonds. The van der Waals surface area contributed by atoms with Crippen LogP contribution in [0.25, 0.3) is 0 Å². The zero-order chi connectivity index (χ0) is 10.3. The summed E-state index contributed by atoms with van der Waals surface area (Å²) in [6.45, 7) is 1.60. The normalized spacial score (nSPS) is 18.2. The topological polar surface area (TPSA) is 58.9 Å². The van der Waals surface area contributed by atoms with Gasteiger partial charge in [0.15, 0.2) is 0 Å². The summed E-state index contributed by atoms with van der Waals surface area (Å²) in [6.07, 6.45) is 0.561. The van der Waals surface area contributed by atoms with Crippen molar-refractivity contribution in [2.24, 2.45) is 0 Å². The molecular weight excluding hydrogens is 190 g/mol. The first-order chi connectivity index (χ1) is 6.14. The van der Waals surface area contributed by atoms with Gasteiger partial charge in [-0.3, -0.25) is 0 Å². The number of ether oxygens (including phenoxy) is 1. The molecule has 0 saturated heterocycles. The highest BCUT2D eigenvalue weighted by Gasteiger charge is 2.30. The second-order valence-corrected chi connectivity index (χ2v) is 3.18. The van der Waals surface area contributed by atoms with Crippen molar-refractivity contribution < 1.29 is 19.5 Å². The quantitative estimate of drug-likeness (QED) is 0.433. The van der Waals surface area contributed by atoms with Crippen LogP contribution in [0.5, 0.6) is 0 Å².